The Morgan fingerprint density at radius 3 is 2.90 bits per heavy atom. The molecular formula is C15H19NO3S. The van der Waals surface area contributed by atoms with Crippen LogP contribution in [0.2, 0.25) is 0 Å². The maximum atomic E-state index is 10.9. The molecule has 0 aromatic carbocycles. The topological polar surface area (TPSA) is 62.5 Å². The van der Waals surface area contributed by atoms with E-state index in [-0.39, 0.29) is 5.76 Å². The summed E-state index contributed by atoms with van der Waals surface area (Å²) in [5.74, 6) is -0.360. The first-order chi connectivity index (χ1) is 9.61. The lowest BCUT2D eigenvalue weighted by Crippen LogP contribution is -2.20. The van der Waals surface area contributed by atoms with Crippen LogP contribution in [-0.4, -0.2) is 11.1 Å². The van der Waals surface area contributed by atoms with Gasteiger partial charge in [0.2, 0.25) is 5.76 Å². The number of hydrogen-bond acceptors (Lipinski definition) is 4. The molecule has 2 N–H and O–H groups in total. The molecule has 0 radical (unpaired) electrons. The van der Waals surface area contributed by atoms with Crippen LogP contribution in [0.1, 0.15) is 52.6 Å². The van der Waals surface area contributed by atoms with Crippen molar-refractivity contribution in [3.8, 4) is 0 Å². The number of aromatic carboxylic acids is 1. The molecule has 0 fully saturated rings. The predicted octanol–water partition coefficient (Wildman–Crippen LogP) is 3.98. The van der Waals surface area contributed by atoms with Gasteiger partial charge in [0, 0.05) is 23.0 Å². The summed E-state index contributed by atoms with van der Waals surface area (Å²) in [6.45, 7) is 4.57. The monoisotopic (exact) mass is 293 g/mol. The SMILES string of the molecule is CCCC(NCc1cc(C(=O)O)oc1C)c1cccs1. The minimum Gasteiger partial charge on any atom is -0.475 e. The first-order valence-electron chi connectivity index (χ1n) is 6.71. The molecule has 4 nitrogen and oxygen atoms in total. The van der Waals surface area contributed by atoms with Gasteiger partial charge in [0.25, 0.3) is 0 Å². The van der Waals surface area contributed by atoms with Crippen molar-refractivity contribution < 1.29 is 14.3 Å². The second-order valence-corrected chi connectivity index (χ2v) is 5.71. The van der Waals surface area contributed by atoms with Crippen LogP contribution in [0.5, 0.6) is 0 Å². The van der Waals surface area contributed by atoms with Crippen molar-refractivity contribution in [2.75, 3.05) is 0 Å². The van der Waals surface area contributed by atoms with Crippen molar-refractivity contribution in [3.05, 3.63) is 45.5 Å². The molecule has 0 aliphatic carbocycles. The van der Waals surface area contributed by atoms with Crippen LogP contribution in [0, 0.1) is 6.92 Å². The van der Waals surface area contributed by atoms with Gasteiger partial charge in [-0.2, -0.15) is 0 Å². The van der Waals surface area contributed by atoms with Gasteiger partial charge < -0.3 is 14.8 Å². The molecule has 0 spiro atoms. The zero-order valence-corrected chi connectivity index (χ0v) is 12.5. The van der Waals surface area contributed by atoms with Crippen LogP contribution >= 0.6 is 11.3 Å². The average molecular weight is 293 g/mol. The molecule has 0 saturated heterocycles. The number of hydrogen-bond donors (Lipinski definition) is 2. The molecule has 0 amide bonds. The van der Waals surface area contributed by atoms with Gasteiger partial charge in [-0.15, -0.1) is 11.3 Å². The fourth-order valence-corrected chi connectivity index (χ4v) is 2.99. The lowest BCUT2D eigenvalue weighted by Gasteiger charge is -2.16. The van der Waals surface area contributed by atoms with E-state index in [2.05, 4.69) is 29.8 Å². The van der Waals surface area contributed by atoms with Gasteiger partial charge in [0.1, 0.15) is 5.76 Å². The van der Waals surface area contributed by atoms with Gasteiger partial charge in [0.15, 0.2) is 0 Å². The summed E-state index contributed by atoms with van der Waals surface area (Å²) in [5.41, 5.74) is 0.903. The second kappa shape index (κ2) is 6.72. The van der Waals surface area contributed by atoms with Crippen LogP contribution in [-0.2, 0) is 6.54 Å². The van der Waals surface area contributed by atoms with E-state index in [4.69, 9.17) is 9.52 Å². The highest BCUT2D eigenvalue weighted by atomic mass is 32.1. The Bertz CT molecular complexity index is 560. The lowest BCUT2D eigenvalue weighted by atomic mass is 10.1. The second-order valence-electron chi connectivity index (χ2n) is 4.73. The third kappa shape index (κ3) is 3.49. The number of rotatable bonds is 7. The van der Waals surface area contributed by atoms with Crippen LogP contribution < -0.4 is 5.32 Å². The number of thiophene rings is 1. The minimum absolute atomic E-state index is 0.00228. The van der Waals surface area contributed by atoms with Gasteiger partial charge >= 0.3 is 5.97 Å². The molecule has 20 heavy (non-hydrogen) atoms. The molecule has 2 aromatic heterocycles. The number of furan rings is 1. The zero-order chi connectivity index (χ0) is 14.5. The van der Waals surface area contributed by atoms with E-state index >= 15 is 0 Å². The number of carbonyl (C=O) groups is 1. The van der Waals surface area contributed by atoms with E-state index in [0.717, 1.165) is 18.4 Å². The van der Waals surface area contributed by atoms with E-state index < -0.39 is 5.97 Å². The fraction of sp³-hybridized carbons (Fsp3) is 0.400. The van der Waals surface area contributed by atoms with Crippen molar-refractivity contribution in [1.29, 1.82) is 0 Å². The molecule has 0 aliphatic rings. The largest absolute Gasteiger partial charge is 0.475 e. The van der Waals surface area contributed by atoms with Crippen molar-refractivity contribution in [2.24, 2.45) is 0 Å². The van der Waals surface area contributed by atoms with Crippen molar-refractivity contribution in [2.45, 2.75) is 39.3 Å². The summed E-state index contributed by atoms with van der Waals surface area (Å²) in [5, 5.41) is 14.5. The maximum absolute atomic E-state index is 10.9. The minimum atomic E-state index is -1.03. The summed E-state index contributed by atoms with van der Waals surface area (Å²) >= 11 is 1.74. The molecule has 0 saturated carbocycles. The van der Waals surface area contributed by atoms with Crippen molar-refractivity contribution in [3.63, 3.8) is 0 Å². The summed E-state index contributed by atoms with van der Waals surface area (Å²) < 4.78 is 5.22. The molecular weight excluding hydrogens is 274 g/mol. The number of carboxylic acid groups (broad SMARTS) is 1. The third-order valence-corrected chi connectivity index (χ3v) is 4.22. The highest BCUT2D eigenvalue weighted by Gasteiger charge is 2.15. The Labute approximate surface area is 122 Å². The normalized spacial score (nSPS) is 12.5. The Kier molecular flexibility index (Phi) is 4.98. The molecule has 2 heterocycles. The van der Waals surface area contributed by atoms with E-state index in [9.17, 15) is 4.79 Å². The quantitative estimate of drug-likeness (QED) is 0.810. The van der Waals surface area contributed by atoms with E-state index in [1.165, 1.54) is 4.88 Å². The number of aryl methyl sites for hydroxylation is 1. The van der Waals surface area contributed by atoms with Crippen LogP contribution in [0.25, 0.3) is 0 Å². The maximum Gasteiger partial charge on any atom is 0.371 e. The first-order valence-corrected chi connectivity index (χ1v) is 7.59. The zero-order valence-electron chi connectivity index (χ0n) is 11.7. The average Bonchev–Trinajstić information content (AvgIpc) is 3.04. The van der Waals surface area contributed by atoms with Gasteiger partial charge in [0.05, 0.1) is 0 Å². The summed E-state index contributed by atoms with van der Waals surface area (Å²) in [6.07, 6.45) is 2.16. The first kappa shape index (κ1) is 14.8. The van der Waals surface area contributed by atoms with Crippen LogP contribution in [0.3, 0.4) is 0 Å². The molecule has 5 heteroatoms. The van der Waals surface area contributed by atoms with Gasteiger partial charge in [-0.3, -0.25) is 0 Å². The Balaban J connectivity index is 2.04. The number of carboxylic acids is 1. The van der Waals surface area contributed by atoms with E-state index in [0.29, 0.717) is 18.3 Å². The lowest BCUT2D eigenvalue weighted by molar-refractivity contribution is 0.0661. The van der Waals surface area contributed by atoms with Crippen molar-refractivity contribution in [1.82, 2.24) is 5.32 Å². The molecule has 2 aromatic rings. The highest BCUT2D eigenvalue weighted by Crippen LogP contribution is 2.24. The Hall–Kier alpha value is -1.59. The Morgan fingerprint density at radius 1 is 1.55 bits per heavy atom. The molecule has 1 unspecified atom stereocenters. The van der Waals surface area contributed by atoms with Gasteiger partial charge in [-0.1, -0.05) is 19.4 Å². The van der Waals surface area contributed by atoms with E-state index in [1.807, 2.05) is 0 Å². The summed E-state index contributed by atoms with van der Waals surface area (Å²) in [6, 6.07) is 6.09. The van der Waals surface area contributed by atoms with Gasteiger partial charge in [-0.25, -0.2) is 4.79 Å². The fourth-order valence-electron chi connectivity index (χ4n) is 2.16. The molecule has 2 rings (SSSR count). The molecule has 0 bridgehead atoms. The molecule has 0 aliphatic heterocycles. The Morgan fingerprint density at radius 2 is 2.35 bits per heavy atom. The number of nitrogens with one attached hydrogen (secondary N) is 1. The molecule has 1 atom stereocenters. The van der Waals surface area contributed by atoms with Crippen LogP contribution in [0.15, 0.2) is 28.0 Å². The van der Waals surface area contributed by atoms with Gasteiger partial charge in [-0.05, 0) is 30.9 Å². The van der Waals surface area contributed by atoms with E-state index in [1.54, 1.807) is 24.3 Å². The highest BCUT2D eigenvalue weighted by molar-refractivity contribution is 7.10. The smallest absolute Gasteiger partial charge is 0.371 e. The molecule has 108 valence electrons. The standard InChI is InChI=1S/C15H19NO3S/c1-3-5-12(14-6-4-7-20-14)16-9-11-8-13(15(17)18)19-10(11)2/h4,6-8,12,16H,3,5,9H2,1-2H3,(H,17,18). The summed E-state index contributed by atoms with van der Waals surface area (Å²) in [7, 11) is 0. The van der Waals surface area contributed by atoms with Crippen LogP contribution in [0.4, 0.5) is 0 Å². The third-order valence-electron chi connectivity index (χ3n) is 3.23. The predicted molar refractivity (Wildman–Crippen MR) is 79.2 cm³/mol. The summed E-state index contributed by atoms with van der Waals surface area (Å²) in [4.78, 5) is 12.2. The van der Waals surface area contributed by atoms with Crippen molar-refractivity contribution >= 4 is 17.3 Å².